The number of hydrogen-bond donors (Lipinski definition) is 0. The maximum Gasteiger partial charge on any atom is 0.242 e. The lowest BCUT2D eigenvalue weighted by Crippen LogP contribution is -2.48. The molecule has 2 amide bonds. The van der Waals surface area contributed by atoms with Crippen molar-refractivity contribution in [3.05, 3.63) is 87.1 Å². The van der Waals surface area contributed by atoms with Crippen molar-refractivity contribution in [1.82, 2.24) is 9.80 Å². The Morgan fingerprint density at radius 1 is 1.08 bits per heavy atom. The molecule has 2 heterocycles. The van der Waals surface area contributed by atoms with Gasteiger partial charge in [0.15, 0.2) is 0 Å². The summed E-state index contributed by atoms with van der Waals surface area (Å²) >= 11 is 1.75. The first kappa shape index (κ1) is 24.6. The van der Waals surface area contributed by atoms with Crippen LogP contribution in [0.2, 0.25) is 0 Å². The second-order valence-electron chi connectivity index (χ2n) is 10.1. The highest BCUT2D eigenvalue weighted by Crippen LogP contribution is 2.35. The van der Waals surface area contributed by atoms with E-state index in [1.807, 2.05) is 41.3 Å². The summed E-state index contributed by atoms with van der Waals surface area (Å²) in [5.74, 6) is 1.40. The molecule has 36 heavy (non-hydrogen) atoms. The van der Waals surface area contributed by atoms with E-state index in [0.29, 0.717) is 32.0 Å². The van der Waals surface area contributed by atoms with Gasteiger partial charge in [0.2, 0.25) is 11.8 Å². The van der Waals surface area contributed by atoms with Gasteiger partial charge in [-0.3, -0.25) is 9.59 Å². The summed E-state index contributed by atoms with van der Waals surface area (Å²) in [5, 5.41) is 2.10. The Kier molecular flexibility index (Phi) is 7.42. The summed E-state index contributed by atoms with van der Waals surface area (Å²) in [5.41, 5.74) is 4.45. The third-order valence-corrected chi connectivity index (χ3v) is 8.19. The van der Waals surface area contributed by atoms with Crippen LogP contribution in [0.25, 0.3) is 0 Å². The van der Waals surface area contributed by atoms with Crippen molar-refractivity contribution in [1.29, 1.82) is 0 Å². The molecule has 0 saturated heterocycles. The zero-order valence-electron chi connectivity index (χ0n) is 21.1. The number of nitrogens with zero attached hydrogens (tertiary/aromatic N) is 2. The molecule has 5 rings (SSSR count). The molecule has 1 aliphatic carbocycles. The maximum atomic E-state index is 13.7. The van der Waals surface area contributed by atoms with Crippen LogP contribution in [0.3, 0.4) is 0 Å². The maximum absolute atomic E-state index is 13.7. The van der Waals surface area contributed by atoms with Crippen LogP contribution in [0, 0.1) is 19.8 Å². The van der Waals surface area contributed by atoms with Crippen LogP contribution in [0.4, 0.5) is 0 Å². The molecular weight excluding hydrogens is 468 g/mol. The molecule has 2 aromatic carbocycles. The topological polar surface area (TPSA) is 49.9 Å². The Hall–Kier alpha value is -3.12. The van der Waals surface area contributed by atoms with Crippen LogP contribution in [0.5, 0.6) is 5.75 Å². The Morgan fingerprint density at radius 2 is 1.89 bits per heavy atom. The third kappa shape index (κ3) is 5.81. The highest BCUT2D eigenvalue weighted by molar-refractivity contribution is 7.10. The van der Waals surface area contributed by atoms with Crippen molar-refractivity contribution in [2.45, 2.75) is 45.6 Å². The lowest BCUT2D eigenvalue weighted by atomic mass is 10.00. The Labute approximate surface area is 217 Å². The number of fused-ring (bicyclic) bond motifs is 1. The SMILES string of the molecule is Cc1ccc(OC[C@H]2c3ccsc3CCN2C(=O)CN(CC2CC2)C(=O)Cc2ccccc2)c(C)c1. The summed E-state index contributed by atoms with van der Waals surface area (Å²) in [6.07, 6.45) is 3.45. The van der Waals surface area contributed by atoms with E-state index in [0.717, 1.165) is 36.1 Å². The molecule has 5 nitrogen and oxygen atoms in total. The fourth-order valence-electron chi connectivity index (χ4n) is 5.01. The first-order valence-corrected chi connectivity index (χ1v) is 13.7. The molecule has 6 heteroatoms. The van der Waals surface area contributed by atoms with Gasteiger partial charge in [-0.25, -0.2) is 0 Å². The molecule has 0 unspecified atom stereocenters. The minimum absolute atomic E-state index is 0.00291. The quantitative estimate of drug-likeness (QED) is 0.396. The largest absolute Gasteiger partial charge is 0.491 e. The number of thiophene rings is 1. The summed E-state index contributed by atoms with van der Waals surface area (Å²) in [7, 11) is 0. The van der Waals surface area contributed by atoms with Crippen molar-refractivity contribution >= 4 is 23.2 Å². The highest BCUT2D eigenvalue weighted by atomic mass is 32.1. The van der Waals surface area contributed by atoms with Crippen LogP contribution in [-0.4, -0.2) is 47.9 Å². The standard InChI is InChI=1S/C30H34N2O3S/c1-21-8-11-27(22(2)16-21)35-20-26-25-13-15-36-28(25)12-14-32(26)30(34)19-31(18-24-9-10-24)29(33)17-23-6-4-3-5-7-23/h3-8,11,13,15-16,24,26H,9-10,12,14,17-20H2,1-2H3/t26-/m0/s1. The molecule has 188 valence electrons. The molecule has 1 fully saturated rings. The normalized spacial score (nSPS) is 16.9. The number of rotatable bonds is 9. The number of amides is 2. The Bertz CT molecular complexity index is 1220. The summed E-state index contributed by atoms with van der Waals surface area (Å²) < 4.78 is 6.27. The number of ether oxygens (including phenoxy) is 1. The zero-order chi connectivity index (χ0) is 25.1. The molecule has 1 aliphatic heterocycles. The molecule has 1 atom stereocenters. The first-order chi connectivity index (χ1) is 17.5. The van der Waals surface area contributed by atoms with Crippen molar-refractivity contribution in [2.75, 3.05) is 26.2 Å². The van der Waals surface area contributed by atoms with Crippen molar-refractivity contribution in [3.8, 4) is 5.75 Å². The lowest BCUT2D eigenvalue weighted by molar-refractivity contribution is -0.142. The van der Waals surface area contributed by atoms with E-state index in [-0.39, 0.29) is 24.4 Å². The van der Waals surface area contributed by atoms with Crippen LogP contribution in [-0.2, 0) is 22.4 Å². The molecule has 0 radical (unpaired) electrons. The fourth-order valence-corrected chi connectivity index (χ4v) is 5.94. The van der Waals surface area contributed by atoms with Gasteiger partial charge in [0.05, 0.1) is 19.0 Å². The molecule has 2 aliphatic rings. The van der Waals surface area contributed by atoms with Crippen molar-refractivity contribution in [3.63, 3.8) is 0 Å². The van der Waals surface area contributed by atoms with Gasteiger partial charge in [0.1, 0.15) is 12.4 Å². The second-order valence-corrected chi connectivity index (χ2v) is 11.1. The minimum Gasteiger partial charge on any atom is -0.491 e. The van der Waals surface area contributed by atoms with Crippen LogP contribution in [0.15, 0.2) is 60.0 Å². The predicted molar refractivity (Wildman–Crippen MR) is 143 cm³/mol. The van der Waals surface area contributed by atoms with Gasteiger partial charge in [0.25, 0.3) is 0 Å². The van der Waals surface area contributed by atoms with Crippen molar-refractivity contribution in [2.24, 2.45) is 5.92 Å². The van der Waals surface area contributed by atoms with E-state index in [2.05, 4.69) is 37.4 Å². The summed E-state index contributed by atoms with van der Waals surface area (Å²) in [6.45, 7) is 5.97. The smallest absolute Gasteiger partial charge is 0.242 e. The number of hydrogen-bond acceptors (Lipinski definition) is 4. The van der Waals surface area contributed by atoms with Gasteiger partial charge in [-0.15, -0.1) is 11.3 Å². The van der Waals surface area contributed by atoms with Crippen LogP contribution >= 0.6 is 11.3 Å². The third-order valence-electron chi connectivity index (χ3n) is 7.19. The molecule has 1 saturated carbocycles. The average molecular weight is 503 g/mol. The van der Waals surface area contributed by atoms with E-state index < -0.39 is 0 Å². The van der Waals surface area contributed by atoms with Gasteiger partial charge >= 0.3 is 0 Å². The molecule has 0 spiro atoms. The number of carbonyl (C=O) groups is 2. The Balaban J connectivity index is 1.31. The average Bonchev–Trinajstić information content (AvgIpc) is 3.55. The number of benzene rings is 2. The van der Waals surface area contributed by atoms with Gasteiger partial charge < -0.3 is 14.5 Å². The highest BCUT2D eigenvalue weighted by Gasteiger charge is 2.35. The Morgan fingerprint density at radius 3 is 2.64 bits per heavy atom. The van der Waals surface area contributed by atoms with E-state index in [9.17, 15) is 9.59 Å². The molecule has 1 aromatic heterocycles. The number of aryl methyl sites for hydroxylation is 2. The fraction of sp³-hybridized carbons (Fsp3) is 0.400. The minimum atomic E-state index is -0.153. The molecular formula is C30H34N2O3S. The van der Waals surface area contributed by atoms with E-state index >= 15 is 0 Å². The van der Waals surface area contributed by atoms with Crippen LogP contribution < -0.4 is 4.74 Å². The zero-order valence-corrected chi connectivity index (χ0v) is 21.9. The molecule has 0 N–H and O–H groups in total. The second kappa shape index (κ2) is 10.9. The lowest BCUT2D eigenvalue weighted by Gasteiger charge is -2.37. The predicted octanol–water partition coefficient (Wildman–Crippen LogP) is 5.35. The van der Waals surface area contributed by atoms with Crippen molar-refractivity contribution < 1.29 is 14.3 Å². The van der Waals surface area contributed by atoms with E-state index in [1.165, 1.54) is 16.0 Å². The van der Waals surface area contributed by atoms with Crippen LogP contribution in [0.1, 0.15) is 46.0 Å². The van der Waals surface area contributed by atoms with E-state index in [4.69, 9.17) is 4.74 Å². The first-order valence-electron chi connectivity index (χ1n) is 12.9. The van der Waals surface area contributed by atoms with Gasteiger partial charge in [-0.2, -0.15) is 0 Å². The summed E-state index contributed by atoms with van der Waals surface area (Å²) in [6, 6.07) is 17.9. The van der Waals surface area contributed by atoms with E-state index in [1.54, 1.807) is 16.2 Å². The van der Waals surface area contributed by atoms with Gasteiger partial charge in [-0.05, 0) is 73.2 Å². The van der Waals surface area contributed by atoms with Gasteiger partial charge in [-0.1, -0.05) is 48.0 Å². The molecule has 3 aromatic rings. The molecule has 0 bridgehead atoms. The monoisotopic (exact) mass is 502 g/mol. The number of carbonyl (C=O) groups excluding carboxylic acids is 2. The summed E-state index contributed by atoms with van der Waals surface area (Å²) in [4.78, 5) is 32.0. The van der Waals surface area contributed by atoms with Gasteiger partial charge in [0, 0.05) is 18.0 Å².